The molecule has 3 aromatic rings. The number of hydrogen-bond acceptors (Lipinski definition) is 5. The molecule has 0 aliphatic rings. The number of anilines is 1. The molecule has 0 bridgehead atoms. The first kappa shape index (κ1) is 32.2. The summed E-state index contributed by atoms with van der Waals surface area (Å²) in [6.07, 6.45) is 1.24. The van der Waals surface area contributed by atoms with Crippen molar-refractivity contribution in [2.24, 2.45) is 5.92 Å². The average molecular weight is 621 g/mol. The van der Waals surface area contributed by atoms with Crippen molar-refractivity contribution < 1.29 is 22.7 Å². The van der Waals surface area contributed by atoms with E-state index in [9.17, 15) is 18.0 Å². The quantitative estimate of drug-likeness (QED) is 0.284. The molecular weight excluding hydrogens is 585 g/mol. The molecule has 2 amide bonds. The van der Waals surface area contributed by atoms with E-state index in [0.29, 0.717) is 22.9 Å². The number of carbonyl (C=O) groups excluding carboxylic acids is 2. The maximum absolute atomic E-state index is 14.1. The molecule has 1 atom stereocenters. The third-order valence-electron chi connectivity index (χ3n) is 6.30. The van der Waals surface area contributed by atoms with Crippen molar-refractivity contribution in [2.45, 2.75) is 32.9 Å². The molecule has 0 fully saturated rings. The summed E-state index contributed by atoms with van der Waals surface area (Å²) in [5.41, 5.74) is 1.74. The summed E-state index contributed by atoms with van der Waals surface area (Å²) in [5.74, 6) is -0.351. The van der Waals surface area contributed by atoms with Crippen LogP contribution in [-0.4, -0.2) is 57.6 Å². The number of benzene rings is 3. The molecule has 41 heavy (non-hydrogen) atoms. The zero-order valence-electron chi connectivity index (χ0n) is 23.5. The van der Waals surface area contributed by atoms with Crippen LogP contribution in [0.1, 0.15) is 25.0 Å². The van der Waals surface area contributed by atoms with Crippen LogP contribution >= 0.6 is 23.2 Å². The zero-order chi connectivity index (χ0) is 30.2. The third kappa shape index (κ3) is 9.38. The number of ether oxygens (including phenoxy) is 1. The first-order valence-corrected chi connectivity index (χ1v) is 15.7. The first-order chi connectivity index (χ1) is 19.4. The highest BCUT2D eigenvalue weighted by atomic mass is 35.5. The number of rotatable bonds is 13. The Hall–Kier alpha value is -3.27. The minimum absolute atomic E-state index is 0.0347. The Labute approximate surface area is 252 Å². The van der Waals surface area contributed by atoms with E-state index in [-0.39, 0.29) is 35.5 Å². The number of sulfonamides is 1. The molecular formula is C30H35Cl2N3O5S. The van der Waals surface area contributed by atoms with Crippen LogP contribution in [0.25, 0.3) is 0 Å². The van der Waals surface area contributed by atoms with Gasteiger partial charge in [-0.3, -0.25) is 13.9 Å². The molecule has 8 nitrogen and oxygen atoms in total. The van der Waals surface area contributed by atoms with Crippen LogP contribution < -0.4 is 14.4 Å². The van der Waals surface area contributed by atoms with Crippen molar-refractivity contribution in [1.82, 2.24) is 10.2 Å². The van der Waals surface area contributed by atoms with Gasteiger partial charge in [-0.15, -0.1) is 0 Å². The van der Waals surface area contributed by atoms with E-state index in [1.54, 1.807) is 24.3 Å². The van der Waals surface area contributed by atoms with Crippen LogP contribution in [0.3, 0.4) is 0 Å². The SMILES string of the molecule is COc1ccc(N(CC(=O)N(Cc2cccc(Cl)c2)[C@H](Cc2ccccc2)C(=O)NCC(C)C)S(C)(=O)=O)cc1Cl. The Morgan fingerprint density at radius 3 is 2.22 bits per heavy atom. The Morgan fingerprint density at radius 2 is 1.63 bits per heavy atom. The average Bonchev–Trinajstić information content (AvgIpc) is 2.92. The van der Waals surface area contributed by atoms with Crippen molar-refractivity contribution in [3.8, 4) is 5.75 Å². The number of nitrogens with zero attached hydrogens (tertiary/aromatic N) is 2. The van der Waals surface area contributed by atoms with Gasteiger partial charge in [0.2, 0.25) is 21.8 Å². The number of carbonyl (C=O) groups is 2. The van der Waals surface area contributed by atoms with Crippen molar-refractivity contribution in [3.63, 3.8) is 0 Å². The van der Waals surface area contributed by atoms with Gasteiger partial charge in [0.05, 0.1) is 24.1 Å². The molecule has 0 aliphatic carbocycles. The van der Waals surface area contributed by atoms with Gasteiger partial charge in [0, 0.05) is 24.5 Å². The lowest BCUT2D eigenvalue weighted by molar-refractivity contribution is -0.140. The Kier molecular flexibility index (Phi) is 11.5. The normalized spacial score (nSPS) is 12.1. The standard InChI is InChI=1S/C30H35Cl2N3O5S/c1-21(2)18-33-30(37)27(16-22-9-6-5-7-10-22)34(19-23-11-8-12-24(31)15-23)29(36)20-35(41(4,38)39)25-13-14-28(40-3)26(32)17-25/h5-15,17,21,27H,16,18-20H2,1-4H3,(H,33,37)/t27-/m1/s1. The minimum atomic E-state index is -3.92. The van der Waals surface area contributed by atoms with Gasteiger partial charge in [-0.05, 0) is 47.4 Å². The van der Waals surface area contributed by atoms with Gasteiger partial charge in [-0.2, -0.15) is 0 Å². The fourth-order valence-corrected chi connectivity index (χ4v) is 5.54. The molecule has 0 saturated heterocycles. The van der Waals surface area contributed by atoms with Gasteiger partial charge in [0.15, 0.2) is 0 Å². The van der Waals surface area contributed by atoms with E-state index < -0.39 is 28.5 Å². The van der Waals surface area contributed by atoms with Gasteiger partial charge in [0.25, 0.3) is 0 Å². The number of amides is 2. The van der Waals surface area contributed by atoms with E-state index in [1.165, 1.54) is 30.2 Å². The summed E-state index contributed by atoms with van der Waals surface area (Å²) in [4.78, 5) is 29.1. The maximum atomic E-state index is 14.1. The van der Waals surface area contributed by atoms with Gasteiger partial charge in [-0.1, -0.05) is 79.5 Å². The fraction of sp³-hybridized carbons (Fsp3) is 0.333. The molecule has 0 unspecified atom stereocenters. The molecule has 0 heterocycles. The lowest BCUT2D eigenvalue weighted by Crippen LogP contribution is -2.53. The monoisotopic (exact) mass is 619 g/mol. The molecule has 0 aliphatic heterocycles. The van der Waals surface area contributed by atoms with Crippen LogP contribution in [0.5, 0.6) is 5.75 Å². The highest BCUT2D eigenvalue weighted by Crippen LogP contribution is 2.30. The molecule has 0 aromatic heterocycles. The molecule has 0 radical (unpaired) electrons. The van der Waals surface area contributed by atoms with Gasteiger partial charge in [0.1, 0.15) is 18.3 Å². The topological polar surface area (TPSA) is 96.0 Å². The van der Waals surface area contributed by atoms with Crippen molar-refractivity contribution in [3.05, 3.63) is 94.0 Å². The molecule has 11 heteroatoms. The lowest BCUT2D eigenvalue weighted by Gasteiger charge is -2.33. The zero-order valence-corrected chi connectivity index (χ0v) is 25.8. The smallest absolute Gasteiger partial charge is 0.244 e. The van der Waals surface area contributed by atoms with Crippen LogP contribution in [0, 0.1) is 5.92 Å². The summed E-state index contributed by atoms with van der Waals surface area (Å²) >= 11 is 12.5. The second kappa shape index (κ2) is 14.6. The van der Waals surface area contributed by atoms with E-state index in [1.807, 2.05) is 44.2 Å². The van der Waals surface area contributed by atoms with Gasteiger partial charge >= 0.3 is 0 Å². The number of hydrogen-bond donors (Lipinski definition) is 1. The van der Waals surface area contributed by atoms with E-state index in [4.69, 9.17) is 27.9 Å². The summed E-state index contributed by atoms with van der Waals surface area (Å²) in [6, 6.07) is 19.9. The number of methoxy groups -OCH3 is 1. The summed E-state index contributed by atoms with van der Waals surface area (Å²) < 4.78 is 32.0. The molecule has 0 saturated carbocycles. The molecule has 3 aromatic carbocycles. The second-order valence-electron chi connectivity index (χ2n) is 10.1. The largest absolute Gasteiger partial charge is 0.495 e. The second-order valence-corrected chi connectivity index (χ2v) is 12.8. The molecule has 1 N–H and O–H groups in total. The first-order valence-electron chi connectivity index (χ1n) is 13.1. The lowest BCUT2D eigenvalue weighted by atomic mass is 10.0. The van der Waals surface area contributed by atoms with E-state index in [0.717, 1.165) is 16.1 Å². The number of halogens is 2. The molecule has 220 valence electrons. The highest BCUT2D eigenvalue weighted by Gasteiger charge is 2.33. The van der Waals surface area contributed by atoms with Crippen molar-refractivity contribution >= 4 is 50.7 Å². The third-order valence-corrected chi connectivity index (χ3v) is 7.97. The summed E-state index contributed by atoms with van der Waals surface area (Å²) in [5, 5.41) is 3.62. The Morgan fingerprint density at radius 1 is 0.951 bits per heavy atom. The van der Waals surface area contributed by atoms with Crippen LogP contribution in [-0.2, 0) is 32.6 Å². The molecule has 3 rings (SSSR count). The van der Waals surface area contributed by atoms with Crippen LogP contribution in [0.2, 0.25) is 10.0 Å². The number of nitrogens with one attached hydrogen (secondary N) is 1. The summed E-state index contributed by atoms with van der Waals surface area (Å²) in [6.45, 7) is 3.86. The van der Waals surface area contributed by atoms with Crippen LogP contribution in [0.4, 0.5) is 5.69 Å². The predicted octanol–water partition coefficient (Wildman–Crippen LogP) is 5.18. The van der Waals surface area contributed by atoms with E-state index >= 15 is 0 Å². The van der Waals surface area contributed by atoms with Crippen molar-refractivity contribution in [2.75, 3.05) is 30.8 Å². The van der Waals surface area contributed by atoms with Gasteiger partial charge < -0.3 is 15.0 Å². The Bertz CT molecular complexity index is 1450. The Balaban J connectivity index is 2.06. The van der Waals surface area contributed by atoms with Crippen molar-refractivity contribution in [1.29, 1.82) is 0 Å². The van der Waals surface area contributed by atoms with E-state index in [2.05, 4.69) is 5.32 Å². The highest BCUT2D eigenvalue weighted by molar-refractivity contribution is 7.92. The van der Waals surface area contributed by atoms with Gasteiger partial charge in [-0.25, -0.2) is 8.42 Å². The maximum Gasteiger partial charge on any atom is 0.244 e. The predicted molar refractivity (Wildman–Crippen MR) is 164 cm³/mol. The summed E-state index contributed by atoms with van der Waals surface area (Å²) in [7, 11) is -2.48. The fourth-order valence-electron chi connectivity index (χ4n) is 4.23. The van der Waals surface area contributed by atoms with Crippen LogP contribution in [0.15, 0.2) is 72.8 Å². The molecule has 0 spiro atoms. The minimum Gasteiger partial charge on any atom is -0.495 e.